The molecule has 1 aromatic heterocycles. The van der Waals surface area contributed by atoms with Gasteiger partial charge in [-0.1, -0.05) is 17.4 Å². The van der Waals surface area contributed by atoms with Gasteiger partial charge in [0.05, 0.1) is 0 Å². The van der Waals surface area contributed by atoms with Crippen LogP contribution in [0.1, 0.15) is 9.67 Å². The van der Waals surface area contributed by atoms with Crippen LogP contribution in [-0.4, -0.2) is 24.2 Å². The average Bonchev–Trinajstić information content (AvgIpc) is 2.80. The fourth-order valence-electron chi connectivity index (χ4n) is 1.49. The van der Waals surface area contributed by atoms with Crippen molar-refractivity contribution in [2.45, 2.75) is 4.90 Å². The molecule has 0 bridgehead atoms. The molecule has 0 spiro atoms. The summed E-state index contributed by atoms with van der Waals surface area (Å²) >= 11 is 2.85. The van der Waals surface area contributed by atoms with Crippen LogP contribution in [0.5, 0.6) is 0 Å². The van der Waals surface area contributed by atoms with Gasteiger partial charge in [-0.25, -0.2) is 4.98 Å². The van der Waals surface area contributed by atoms with Gasteiger partial charge in [0.25, 0.3) is 5.91 Å². The normalized spacial score (nSPS) is 10.2. The molecular weight excluding hydrogens is 280 g/mol. The first-order chi connectivity index (χ1) is 9.13. The smallest absolute Gasteiger partial charge is 0.269 e. The van der Waals surface area contributed by atoms with Gasteiger partial charge in [-0.2, -0.15) is 0 Å². The van der Waals surface area contributed by atoms with E-state index >= 15 is 0 Å². The third kappa shape index (κ3) is 3.18. The van der Waals surface area contributed by atoms with Crippen LogP contribution in [0.15, 0.2) is 29.2 Å². The molecule has 100 valence electrons. The maximum absolute atomic E-state index is 12.1. The van der Waals surface area contributed by atoms with E-state index in [1.165, 1.54) is 11.3 Å². The molecule has 0 aliphatic heterocycles. The van der Waals surface area contributed by atoms with Gasteiger partial charge >= 0.3 is 0 Å². The van der Waals surface area contributed by atoms with Gasteiger partial charge in [0, 0.05) is 17.6 Å². The van der Waals surface area contributed by atoms with Gasteiger partial charge in [-0.3, -0.25) is 4.79 Å². The second kappa shape index (κ2) is 5.94. The van der Waals surface area contributed by atoms with Crippen molar-refractivity contribution < 1.29 is 4.79 Å². The SMILES string of the molecule is CNc1nc(N)c(C(=O)Nc2cccc(SC)c2)s1. The first kappa shape index (κ1) is 13.7. The summed E-state index contributed by atoms with van der Waals surface area (Å²) in [6, 6.07) is 7.64. The number of carbonyl (C=O) groups is 1. The number of amides is 1. The van der Waals surface area contributed by atoms with Crippen molar-refractivity contribution >= 4 is 45.6 Å². The molecule has 5 nitrogen and oxygen atoms in total. The molecule has 2 aromatic rings. The van der Waals surface area contributed by atoms with E-state index in [0.717, 1.165) is 10.6 Å². The Morgan fingerprint density at radius 3 is 2.89 bits per heavy atom. The number of anilines is 3. The lowest BCUT2D eigenvalue weighted by molar-refractivity contribution is 0.103. The van der Waals surface area contributed by atoms with Crippen molar-refractivity contribution in [3.05, 3.63) is 29.1 Å². The third-order valence-corrected chi connectivity index (χ3v) is 4.21. The standard InChI is InChI=1S/C12H14N4OS2/c1-14-12-16-10(13)9(19-12)11(17)15-7-4-3-5-8(6-7)18-2/h3-6H,13H2,1-2H3,(H,14,16)(H,15,17). The Bertz CT molecular complexity index is 597. The van der Waals surface area contributed by atoms with Crippen LogP contribution >= 0.6 is 23.1 Å². The van der Waals surface area contributed by atoms with E-state index in [0.29, 0.717) is 10.0 Å². The zero-order chi connectivity index (χ0) is 13.8. The number of nitrogens with zero attached hydrogens (tertiary/aromatic N) is 1. The highest BCUT2D eigenvalue weighted by molar-refractivity contribution is 7.98. The lowest BCUT2D eigenvalue weighted by atomic mass is 10.3. The van der Waals surface area contributed by atoms with E-state index in [4.69, 9.17) is 5.73 Å². The van der Waals surface area contributed by atoms with Crippen molar-refractivity contribution in [2.24, 2.45) is 0 Å². The highest BCUT2D eigenvalue weighted by Gasteiger charge is 2.15. The largest absolute Gasteiger partial charge is 0.382 e. The monoisotopic (exact) mass is 294 g/mol. The van der Waals surface area contributed by atoms with Crippen LogP contribution < -0.4 is 16.4 Å². The molecule has 2 rings (SSSR count). The maximum atomic E-state index is 12.1. The molecule has 0 aliphatic rings. The van der Waals surface area contributed by atoms with Crippen molar-refractivity contribution in [2.75, 3.05) is 29.7 Å². The minimum atomic E-state index is -0.241. The summed E-state index contributed by atoms with van der Waals surface area (Å²) in [5, 5.41) is 6.32. The maximum Gasteiger partial charge on any atom is 0.269 e. The molecule has 0 unspecified atom stereocenters. The molecular formula is C12H14N4OS2. The van der Waals surface area contributed by atoms with Crippen LogP contribution in [0.3, 0.4) is 0 Å². The van der Waals surface area contributed by atoms with E-state index in [1.54, 1.807) is 18.8 Å². The summed E-state index contributed by atoms with van der Waals surface area (Å²) in [5.74, 6) is 0.00243. The van der Waals surface area contributed by atoms with Gasteiger partial charge < -0.3 is 16.4 Å². The number of nitrogen functional groups attached to an aromatic ring is 1. The van der Waals surface area contributed by atoms with Crippen molar-refractivity contribution in [1.29, 1.82) is 0 Å². The van der Waals surface area contributed by atoms with Crippen molar-refractivity contribution in [3.63, 3.8) is 0 Å². The Balaban J connectivity index is 2.17. The molecule has 7 heteroatoms. The Morgan fingerprint density at radius 2 is 2.26 bits per heavy atom. The zero-order valence-electron chi connectivity index (χ0n) is 10.6. The molecule has 0 fully saturated rings. The number of thioether (sulfide) groups is 1. The highest BCUT2D eigenvalue weighted by Crippen LogP contribution is 2.26. The first-order valence-corrected chi connectivity index (χ1v) is 7.57. The van der Waals surface area contributed by atoms with E-state index in [1.807, 2.05) is 30.5 Å². The average molecular weight is 294 g/mol. The number of hydrogen-bond acceptors (Lipinski definition) is 6. The molecule has 0 radical (unpaired) electrons. The number of aromatic nitrogens is 1. The van der Waals surface area contributed by atoms with Gasteiger partial charge in [0.2, 0.25) is 0 Å². The number of nitrogens with two attached hydrogens (primary N) is 1. The van der Waals surface area contributed by atoms with Crippen LogP contribution in [0.4, 0.5) is 16.6 Å². The first-order valence-electron chi connectivity index (χ1n) is 5.53. The lowest BCUT2D eigenvalue weighted by Crippen LogP contribution is -2.12. The summed E-state index contributed by atoms with van der Waals surface area (Å²) in [7, 11) is 1.74. The fourth-order valence-corrected chi connectivity index (χ4v) is 2.68. The topological polar surface area (TPSA) is 80.0 Å². The van der Waals surface area contributed by atoms with E-state index in [-0.39, 0.29) is 11.7 Å². The van der Waals surface area contributed by atoms with Crippen LogP contribution in [-0.2, 0) is 0 Å². The van der Waals surface area contributed by atoms with E-state index in [9.17, 15) is 4.79 Å². The van der Waals surface area contributed by atoms with Crippen molar-refractivity contribution in [1.82, 2.24) is 4.98 Å². The number of rotatable bonds is 4. The Labute approximate surface area is 119 Å². The minimum Gasteiger partial charge on any atom is -0.382 e. The lowest BCUT2D eigenvalue weighted by Gasteiger charge is -2.05. The second-order valence-corrected chi connectivity index (χ2v) is 5.55. The molecule has 4 N–H and O–H groups in total. The summed E-state index contributed by atoms with van der Waals surface area (Å²) < 4.78 is 0. The third-order valence-electron chi connectivity index (χ3n) is 2.40. The molecule has 0 saturated carbocycles. The summed E-state index contributed by atoms with van der Waals surface area (Å²) in [6.07, 6.45) is 1.99. The number of thiazole rings is 1. The summed E-state index contributed by atoms with van der Waals surface area (Å²) in [5.41, 5.74) is 6.47. The number of carbonyl (C=O) groups excluding carboxylic acids is 1. The summed E-state index contributed by atoms with van der Waals surface area (Å²) in [6.45, 7) is 0. The van der Waals surface area contributed by atoms with E-state index < -0.39 is 0 Å². The van der Waals surface area contributed by atoms with Gasteiger partial charge in [0.15, 0.2) is 5.13 Å². The zero-order valence-corrected chi connectivity index (χ0v) is 12.2. The molecule has 1 heterocycles. The molecule has 1 amide bonds. The van der Waals surface area contributed by atoms with Gasteiger partial charge in [0.1, 0.15) is 10.7 Å². The van der Waals surface area contributed by atoms with E-state index in [2.05, 4.69) is 15.6 Å². The van der Waals surface area contributed by atoms with Crippen LogP contribution in [0.25, 0.3) is 0 Å². The summed E-state index contributed by atoms with van der Waals surface area (Å²) in [4.78, 5) is 17.7. The fraction of sp³-hybridized carbons (Fsp3) is 0.167. The van der Waals surface area contributed by atoms with Crippen LogP contribution in [0.2, 0.25) is 0 Å². The van der Waals surface area contributed by atoms with Gasteiger partial charge in [-0.15, -0.1) is 11.8 Å². The predicted octanol–water partition coefficient (Wildman–Crippen LogP) is 2.74. The Kier molecular flexibility index (Phi) is 4.28. The molecule has 1 aromatic carbocycles. The van der Waals surface area contributed by atoms with Gasteiger partial charge in [-0.05, 0) is 24.5 Å². The second-order valence-electron chi connectivity index (χ2n) is 3.67. The molecule has 0 aliphatic carbocycles. The quantitative estimate of drug-likeness (QED) is 0.756. The Morgan fingerprint density at radius 1 is 1.47 bits per heavy atom. The molecule has 0 atom stereocenters. The van der Waals surface area contributed by atoms with Crippen LogP contribution in [0, 0.1) is 0 Å². The van der Waals surface area contributed by atoms with Crippen molar-refractivity contribution in [3.8, 4) is 0 Å². The number of hydrogen-bond donors (Lipinski definition) is 3. The minimum absolute atomic E-state index is 0.241. The Hall–Kier alpha value is -1.73. The highest BCUT2D eigenvalue weighted by atomic mass is 32.2. The number of benzene rings is 1. The predicted molar refractivity (Wildman–Crippen MR) is 82.2 cm³/mol. The molecule has 19 heavy (non-hydrogen) atoms. The molecule has 0 saturated heterocycles. The number of nitrogens with one attached hydrogen (secondary N) is 2.